The molecule has 0 aromatic rings. The van der Waals surface area contributed by atoms with Gasteiger partial charge in [-0.25, -0.2) is 0 Å². The lowest BCUT2D eigenvalue weighted by molar-refractivity contribution is 0.202. The predicted molar refractivity (Wildman–Crippen MR) is 154 cm³/mol. The van der Waals surface area contributed by atoms with Crippen LogP contribution in [-0.4, -0.2) is 0 Å². The molecule has 0 aromatic heterocycles. The summed E-state index contributed by atoms with van der Waals surface area (Å²) in [6, 6.07) is 0. The molecule has 0 heteroatoms. The summed E-state index contributed by atoms with van der Waals surface area (Å²) in [4.78, 5) is 0. The zero-order chi connectivity index (χ0) is 25.5. The van der Waals surface area contributed by atoms with E-state index < -0.39 is 0 Å². The van der Waals surface area contributed by atoms with Crippen molar-refractivity contribution in [2.24, 2.45) is 22.7 Å². The first-order chi connectivity index (χ1) is 15.2. The van der Waals surface area contributed by atoms with Crippen molar-refractivity contribution in [1.29, 1.82) is 0 Å². The van der Waals surface area contributed by atoms with Crippen LogP contribution in [0.5, 0.6) is 0 Å². The van der Waals surface area contributed by atoms with E-state index in [1.54, 1.807) is 0 Å². The molecule has 32 heavy (non-hydrogen) atoms. The van der Waals surface area contributed by atoms with Crippen LogP contribution in [0.1, 0.15) is 186 Å². The monoisotopic (exact) mass is 455 g/mol. The van der Waals surface area contributed by atoms with E-state index in [4.69, 9.17) is 0 Å². The lowest BCUT2D eigenvalue weighted by Gasteiger charge is -2.32. The molecule has 198 valence electrons. The van der Waals surface area contributed by atoms with Gasteiger partial charge in [-0.15, -0.1) is 0 Å². The fourth-order valence-electron chi connectivity index (χ4n) is 5.90. The van der Waals surface area contributed by atoms with Gasteiger partial charge in [-0.05, 0) is 48.3 Å². The maximum Gasteiger partial charge on any atom is -0.0300 e. The van der Waals surface area contributed by atoms with E-state index in [0.717, 1.165) is 11.8 Å². The lowest BCUT2D eigenvalue weighted by atomic mass is 9.74. The third-order valence-electron chi connectivity index (χ3n) is 8.46. The molecule has 0 heterocycles. The van der Waals surface area contributed by atoms with Gasteiger partial charge in [0.05, 0.1) is 0 Å². The van der Waals surface area contributed by atoms with Crippen LogP contribution in [0.15, 0.2) is 0 Å². The first-order valence-corrected chi connectivity index (χ1v) is 15.2. The Morgan fingerprint density at radius 3 is 0.844 bits per heavy atom. The van der Waals surface area contributed by atoms with Gasteiger partial charge in [0.1, 0.15) is 0 Å². The van der Waals surface area contributed by atoms with E-state index in [0.29, 0.717) is 10.8 Å². The molecule has 0 rings (SSSR count). The summed E-state index contributed by atoms with van der Waals surface area (Å²) >= 11 is 0. The molecular weight excluding hydrogens is 384 g/mol. The SMILES string of the molecule is CCC(CC)(CC)CC.CCCC(C)CC(C)CCC.CCCC(CC)(CCC)CCC. The fraction of sp³-hybridized carbons (Fsp3) is 1.00. The van der Waals surface area contributed by atoms with E-state index in [1.807, 2.05) is 0 Å². The Labute approximate surface area is 208 Å². The molecule has 0 fully saturated rings. The van der Waals surface area contributed by atoms with Gasteiger partial charge in [0, 0.05) is 0 Å². The minimum atomic E-state index is 0.667. The molecule has 0 N–H and O–H groups in total. The van der Waals surface area contributed by atoms with Gasteiger partial charge in [-0.3, -0.25) is 0 Å². The number of hydrogen-bond donors (Lipinski definition) is 0. The Hall–Kier alpha value is 0. The van der Waals surface area contributed by atoms with Gasteiger partial charge in [0.25, 0.3) is 0 Å². The third-order valence-corrected chi connectivity index (χ3v) is 8.46. The summed E-state index contributed by atoms with van der Waals surface area (Å²) in [5, 5.41) is 0. The number of rotatable bonds is 17. The predicted octanol–water partition coefficient (Wildman–Crippen LogP) is 12.6. The molecule has 2 unspecified atom stereocenters. The van der Waals surface area contributed by atoms with Gasteiger partial charge in [0.2, 0.25) is 0 Å². The minimum absolute atomic E-state index is 0.667. The quantitative estimate of drug-likeness (QED) is 0.205. The average molecular weight is 455 g/mol. The molecule has 0 aromatic carbocycles. The second-order valence-electron chi connectivity index (χ2n) is 11.0. The normalized spacial score (nSPS) is 13.5. The molecule has 2 atom stereocenters. The Morgan fingerprint density at radius 1 is 0.406 bits per heavy atom. The summed E-state index contributed by atoms with van der Waals surface area (Å²) in [5.41, 5.74) is 1.36. The Morgan fingerprint density at radius 2 is 0.688 bits per heavy atom. The molecule has 0 aliphatic heterocycles. The molecule has 0 amide bonds. The Balaban J connectivity index is -0.000000398. The maximum atomic E-state index is 2.38. The maximum absolute atomic E-state index is 2.38. The van der Waals surface area contributed by atoms with Crippen molar-refractivity contribution < 1.29 is 0 Å². The van der Waals surface area contributed by atoms with Crippen LogP contribution in [0.25, 0.3) is 0 Å². The van der Waals surface area contributed by atoms with Gasteiger partial charge in [-0.2, -0.15) is 0 Å². The molecule has 0 aliphatic rings. The zero-order valence-electron chi connectivity index (χ0n) is 25.5. The van der Waals surface area contributed by atoms with Crippen LogP contribution in [0.3, 0.4) is 0 Å². The van der Waals surface area contributed by atoms with Crippen LogP contribution in [-0.2, 0) is 0 Å². The summed E-state index contributed by atoms with van der Waals surface area (Å²) in [6.45, 7) is 27.8. The van der Waals surface area contributed by atoms with Gasteiger partial charge < -0.3 is 0 Å². The van der Waals surface area contributed by atoms with Crippen molar-refractivity contribution in [3.8, 4) is 0 Å². The van der Waals surface area contributed by atoms with Crippen molar-refractivity contribution in [2.45, 2.75) is 186 Å². The molecule has 0 radical (unpaired) electrons. The standard InChI is InChI=1S/C12H26.C11H24.C9H20/c1-5-9-12(8-4,10-6-2)11-7-3;1-5-7-10(3)9-11(4)8-6-2;1-5-9(6-2,7-3)8-4/h5-11H2,1-4H3;10-11H,5-9H2,1-4H3;5-8H2,1-4H3. The Bertz CT molecular complexity index is 293. The van der Waals surface area contributed by atoms with Crippen LogP contribution < -0.4 is 0 Å². The van der Waals surface area contributed by atoms with Crippen molar-refractivity contribution in [3.05, 3.63) is 0 Å². The highest BCUT2D eigenvalue weighted by Gasteiger charge is 2.24. The molecule has 0 bridgehead atoms. The van der Waals surface area contributed by atoms with Crippen molar-refractivity contribution in [2.75, 3.05) is 0 Å². The third kappa shape index (κ3) is 18.4. The summed E-state index contributed by atoms with van der Waals surface area (Å²) in [5.74, 6) is 1.89. The van der Waals surface area contributed by atoms with Crippen LogP contribution in [0.4, 0.5) is 0 Å². The second kappa shape index (κ2) is 24.1. The van der Waals surface area contributed by atoms with E-state index in [9.17, 15) is 0 Å². The molecule has 0 saturated heterocycles. The van der Waals surface area contributed by atoms with Crippen LogP contribution in [0, 0.1) is 22.7 Å². The lowest BCUT2D eigenvalue weighted by Crippen LogP contribution is -2.19. The smallest absolute Gasteiger partial charge is 0.0300 e. The van der Waals surface area contributed by atoms with E-state index in [-0.39, 0.29) is 0 Å². The zero-order valence-corrected chi connectivity index (χ0v) is 25.5. The highest BCUT2D eigenvalue weighted by molar-refractivity contribution is 4.76. The van der Waals surface area contributed by atoms with Gasteiger partial charge in [-0.1, -0.05) is 160 Å². The first-order valence-electron chi connectivity index (χ1n) is 15.2. The highest BCUT2D eigenvalue weighted by Crippen LogP contribution is 2.38. The minimum Gasteiger partial charge on any atom is -0.0654 e. The van der Waals surface area contributed by atoms with Crippen LogP contribution in [0.2, 0.25) is 0 Å². The second-order valence-corrected chi connectivity index (χ2v) is 11.0. The molecule has 0 spiro atoms. The van der Waals surface area contributed by atoms with Gasteiger partial charge in [0.15, 0.2) is 0 Å². The fourth-order valence-corrected chi connectivity index (χ4v) is 5.90. The number of hydrogen-bond acceptors (Lipinski definition) is 0. The molecule has 0 saturated carbocycles. The molecular formula is C32H70. The van der Waals surface area contributed by atoms with E-state index >= 15 is 0 Å². The average Bonchev–Trinajstić information content (AvgIpc) is 2.77. The summed E-state index contributed by atoms with van der Waals surface area (Å²) in [6.07, 6.45) is 22.1. The Kier molecular flexibility index (Phi) is 27.6. The van der Waals surface area contributed by atoms with Crippen molar-refractivity contribution >= 4 is 0 Å². The largest absolute Gasteiger partial charge is 0.0654 e. The van der Waals surface area contributed by atoms with Crippen LogP contribution >= 0.6 is 0 Å². The highest BCUT2D eigenvalue weighted by atomic mass is 14.3. The van der Waals surface area contributed by atoms with Crippen molar-refractivity contribution in [1.82, 2.24) is 0 Å². The molecule has 0 aliphatic carbocycles. The van der Waals surface area contributed by atoms with Gasteiger partial charge >= 0.3 is 0 Å². The summed E-state index contributed by atoms with van der Waals surface area (Å²) < 4.78 is 0. The van der Waals surface area contributed by atoms with Crippen molar-refractivity contribution in [3.63, 3.8) is 0 Å². The van der Waals surface area contributed by atoms with E-state index in [2.05, 4.69) is 83.1 Å². The van der Waals surface area contributed by atoms with E-state index in [1.165, 1.54) is 103 Å². The molecule has 0 nitrogen and oxygen atoms in total. The first kappa shape index (κ1) is 36.6. The summed E-state index contributed by atoms with van der Waals surface area (Å²) in [7, 11) is 0. The topological polar surface area (TPSA) is 0 Å².